The minimum atomic E-state index is -0.476. The third kappa shape index (κ3) is 4.37. The normalized spacial score (nSPS) is 18.0. The van der Waals surface area contributed by atoms with E-state index in [-0.39, 0.29) is 17.5 Å². The molecule has 0 bridgehead atoms. The zero-order valence-corrected chi connectivity index (χ0v) is 16.8. The Kier molecular flexibility index (Phi) is 5.36. The molecule has 3 rings (SSSR count). The standard InChI is InChI=1S/C21H30N2O4/c1-5-26-18(24)13-15-6-7-17-16(12-15)21(14-22-17)8-10-23(11-9-21)19(25)27-20(2,3)4/h6-7,12,22H,5,8-11,13-14H2,1-4H3. The monoisotopic (exact) mass is 374 g/mol. The highest BCUT2D eigenvalue weighted by molar-refractivity contribution is 5.74. The number of hydrogen-bond donors (Lipinski definition) is 1. The van der Waals surface area contributed by atoms with Crippen molar-refractivity contribution in [3.63, 3.8) is 0 Å². The number of ether oxygens (including phenoxy) is 2. The molecular formula is C21H30N2O4. The molecule has 0 aromatic heterocycles. The van der Waals surface area contributed by atoms with E-state index in [0.717, 1.165) is 30.6 Å². The zero-order valence-electron chi connectivity index (χ0n) is 16.8. The van der Waals surface area contributed by atoms with Crippen molar-refractivity contribution in [2.75, 3.05) is 31.6 Å². The maximum atomic E-state index is 12.3. The molecule has 1 spiro atoms. The van der Waals surface area contributed by atoms with E-state index in [1.165, 1.54) is 5.56 Å². The molecule has 0 aliphatic carbocycles. The van der Waals surface area contributed by atoms with Gasteiger partial charge in [0, 0.05) is 30.7 Å². The molecule has 1 fully saturated rings. The number of anilines is 1. The topological polar surface area (TPSA) is 67.9 Å². The molecule has 2 heterocycles. The van der Waals surface area contributed by atoms with Crippen LogP contribution >= 0.6 is 0 Å². The molecular weight excluding hydrogens is 344 g/mol. The highest BCUT2D eigenvalue weighted by Crippen LogP contribution is 2.44. The minimum Gasteiger partial charge on any atom is -0.466 e. The third-order valence-electron chi connectivity index (χ3n) is 5.30. The third-order valence-corrected chi connectivity index (χ3v) is 5.30. The first-order chi connectivity index (χ1) is 12.7. The molecule has 1 aromatic carbocycles. The zero-order chi connectivity index (χ0) is 19.7. The number of fused-ring (bicyclic) bond motifs is 2. The lowest BCUT2D eigenvalue weighted by molar-refractivity contribution is -0.142. The number of nitrogens with zero attached hydrogens (tertiary/aromatic N) is 1. The summed E-state index contributed by atoms with van der Waals surface area (Å²) in [6.07, 6.45) is 1.82. The van der Waals surface area contributed by atoms with E-state index in [1.54, 1.807) is 4.90 Å². The van der Waals surface area contributed by atoms with Gasteiger partial charge in [-0.05, 0) is 57.7 Å². The largest absolute Gasteiger partial charge is 0.466 e. The Morgan fingerprint density at radius 2 is 1.93 bits per heavy atom. The lowest BCUT2D eigenvalue weighted by Gasteiger charge is -2.39. The number of piperidine rings is 1. The van der Waals surface area contributed by atoms with Crippen LogP contribution in [0.25, 0.3) is 0 Å². The van der Waals surface area contributed by atoms with Gasteiger partial charge in [0.1, 0.15) is 5.60 Å². The van der Waals surface area contributed by atoms with Crippen LogP contribution in [0.2, 0.25) is 0 Å². The number of carbonyl (C=O) groups excluding carboxylic acids is 2. The van der Waals surface area contributed by atoms with Crippen LogP contribution in [0, 0.1) is 0 Å². The van der Waals surface area contributed by atoms with Crippen molar-refractivity contribution in [3.05, 3.63) is 29.3 Å². The molecule has 1 N–H and O–H groups in total. The fraction of sp³-hybridized carbons (Fsp3) is 0.619. The second-order valence-corrected chi connectivity index (χ2v) is 8.46. The fourth-order valence-corrected chi connectivity index (χ4v) is 3.92. The summed E-state index contributed by atoms with van der Waals surface area (Å²) in [6, 6.07) is 6.17. The van der Waals surface area contributed by atoms with E-state index in [2.05, 4.69) is 17.4 Å². The van der Waals surface area contributed by atoms with Crippen LogP contribution in [0.5, 0.6) is 0 Å². The second-order valence-electron chi connectivity index (χ2n) is 8.46. The van der Waals surface area contributed by atoms with Crippen LogP contribution in [0.3, 0.4) is 0 Å². The van der Waals surface area contributed by atoms with Gasteiger partial charge in [-0.15, -0.1) is 0 Å². The van der Waals surface area contributed by atoms with Gasteiger partial charge < -0.3 is 19.7 Å². The molecule has 6 nitrogen and oxygen atoms in total. The molecule has 1 saturated heterocycles. The summed E-state index contributed by atoms with van der Waals surface area (Å²) in [4.78, 5) is 26.0. The molecule has 1 aromatic rings. The summed E-state index contributed by atoms with van der Waals surface area (Å²) in [5.41, 5.74) is 2.90. The number of nitrogens with one attached hydrogen (secondary N) is 1. The van der Waals surface area contributed by atoms with Crippen LogP contribution in [0.15, 0.2) is 18.2 Å². The first-order valence-corrected chi connectivity index (χ1v) is 9.73. The number of likely N-dealkylation sites (tertiary alicyclic amines) is 1. The molecule has 1 amide bonds. The highest BCUT2D eigenvalue weighted by Gasteiger charge is 2.43. The lowest BCUT2D eigenvalue weighted by atomic mass is 9.74. The summed E-state index contributed by atoms with van der Waals surface area (Å²) >= 11 is 0. The average molecular weight is 374 g/mol. The molecule has 27 heavy (non-hydrogen) atoms. The Labute approximate surface area is 161 Å². The summed E-state index contributed by atoms with van der Waals surface area (Å²) in [5, 5.41) is 3.50. The first kappa shape index (κ1) is 19.5. The van der Waals surface area contributed by atoms with Crippen molar-refractivity contribution in [2.24, 2.45) is 0 Å². The highest BCUT2D eigenvalue weighted by atomic mass is 16.6. The quantitative estimate of drug-likeness (QED) is 0.821. The molecule has 0 saturated carbocycles. The van der Waals surface area contributed by atoms with Crippen molar-refractivity contribution < 1.29 is 19.1 Å². The summed E-state index contributed by atoms with van der Waals surface area (Å²) in [7, 11) is 0. The van der Waals surface area contributed by atoms with Crippen molar-refractivity contribution >= 4 is 17.7 Å². The van der Waals surface area contributed by atoms with Crippen molar-refractivity contribution in [1.82, 2.24) is 4.90 Å². The molecule has 0 atom stereocenters. The van der Waals surface area contributed by atoms with Gasteiger partial charge in [-0.3, -0.25) is 4.79 Å². The number of rotatable bonds is 3. The molecule has 6 heteroatoms. The van der Waals surface area contributed by atoms with Crippen LogP contribution in [0.1, 0.15) is 51.7 Å². The van der Waals surface area contributed by atoms with E-state index in [0.29, 0.717) is 26.1 Å². The Morgan fingerprint density at radius 3 is 2.56 bits per heavy atom. The smallest absolute Gasteiger partial charge is 0.410 e. The number of benzene rings is 1. The number of carbonyl (C=O) groups is 2. The average Bonchev–Trinajstić information content (AvgIpc) is 2.92. The van der Waals surface area contributed by atoms with Crippen molar-refractivity contribution in [3.8, 4) is 0 Å². The van der Waals surface area contributed by atoms with Gasteiger partial charge in [-0.2, -0.15) is 0 Å². The predicted octanol–water partition coefficient (Wildman–Crippen LogP) is 3.49. The van der Waals surface area contributed by atoms with Gasteiger partial charge in [0.15, 0.2) is 0 Å². The number of amides is 1. The fourth-order valence-electron chi connectivity index (χ4n) is 3.92. The Hall–Kier alpha value is -2.24. The Morgan fingerprint density at radius 1 is 1.22 bits per heavy atom. The van der Waals surface area contributed by atoms with Crippen molar-refractivity contribution in [2.45, 2.75) is 58.0 Å². The lowest BCUT2D eigenvalue weighted by Crippen LogP contribution is -2.47. The predicted molar refractivity (Wildman–Crippen MR) is 104 cm³/mol. The van der Waals surface area contributed by atoms with E-state index in [1.807, 2.05) is 33.8 Å². The van der Waals surface area contributed by atoms with Gasteiger partial charge in [0.25, 0.3) is 0 Å². The van der Waals surface area contributed by atoms with Gasteiger partial charge in [-0.1, -0.05) is 12.1 Å². The summed E-state index contributed by atoms with van der Waals surface area (Å²) < 4.78 is 10.6. The first-order valence-electron chi connectivity index (χ1n) is 9.73. The van der Waals surface area contributed by atoms with E-state index in [9.17, 15) is 9.59 Å². The van der Waals surface area contributed by atoms with Crippen LogP contribution in [-0.4, -0.2) is 48.8 Å². The molecule has 2 aliphatic rings. The number of esters is 1. The van der Waals surface area contributed by atoms with Crippen LogP contribution < -0.4 is 5.32 Å². The van der Waals surface area contributed by atoms with Crippen LogP contribution in [0.4, 0.5) is 10.5 Å². The van der Waals surface area contributed by atoms with Gasteiger partial charge >= 0.3 is 12.1 Å². The van der Waals surface area contributed by atoms with Crippen LogP contribution in [-0.2, 0) is 26.1 Å². The molecule has 148 valence electrons. The molecule has 0 unspecified atom stereocenters. The maximum Gasteiger partial charge on any atom is 0.410 e. The van der Waals surface area contributed by atoms with Gasteiger partial charge in [0.2, 0.25) is 0 Å². The molecule has 0 radical (unpaired) electrons. The Bertz CT molecular complexity index is 715. The Balaban J connectivity index is 1.70. The van der Waals surface area contributed by atoms with Gasteiger partial charge in [0.05, 0.1) is 13.0 Å². The summed E-state index contributed by atoms with van der Waals surface area (Å²) in [5.74, 6) is -0.197. The maximum absolute atomic E-state index is 12.3. The second kappa shape index (κ2) is 7.41. The number of hydrogen-bond acceptors (Lipinski definition) is 5. The van der Waals surface area contributed by atoms with Gasteiger partial charge in [-0.25, -0.2) is 4.79 Å². The van der Waals surface area contributed by atoms with E-state index < -0.39 is 5.60 Å². The minimum absolute atomic E-state index is 0.0124. The van der Waals surface area contributed by atoms with Crippen molar-refractivity contribution in [1.29, 1.82) is 0 Å². The molecule has 2 aliphatic heterocycles. The SMILES string of the molecule is CCOC(=O)Cc1ccc2c(c1)C1(CCN(C(=O)OC(C)(C)C)CC1)CN2. The van der Waals surface area contributed by atoms with E-state index in [4.69, 9.17) is 9.47 Å². The summed E-state index contributed by atoms with van der Waals surface area (Å²) in [6.45, 7) is 10.1. The van der Waals surface area contributed by atoms with E-state index >= 15 is 0 Å².